The minimum absolute atomic E-state index is 0. The van der Waals surface area contributed by atoms with Crippen LogP contribution in [0.15, 0.2) is 16.8 Å². The predicted molar refractivity (Wildman–Crippen MR) is 46.7 cm³/mol. The lowest BCUT2D eigenvalue weighted by Gasteiger charge is -1.79. The van der Waals surface area contributed by atoms with E-state index in [9.17, 15) is 0 Å². The summed E-state index contributed by atoms with van der Waals surface area (Å²) in [6.07, 6.45) is 0. The minimum Gasteiger partial charge on any atom is -0.326 e. The normalized spacial score (nSPS) is 7.22. The van der Waals surface area contributed by atoms with Crippen molar-refractivity contribution in [3.8, 4) is 0 Å². The molecule has 0 radical (unpaired) electrons. The zero-order chi connectivity index (χ0) is 5.11. The lowest BCUT2D eigenvalue weighted by atomic mass is 10.4. The van der Waals surface area contributed by atoms with Crippen molar-refractivity contribution in [2.75, 3.05) is 0 Å². The summed E-state index contributed by atoms with van der Waals surface area (Å²) in [5.41, 5.74) is 6.53. The largest absolute Gasteiger partial charge is 0.326 e. The maximum absolute atomic E-state index is 5.30. The molecule has 0 spiro atoms. The molecule has 0 unspecified atom stereocenters. The molecule has 1 aromatic rings. The summed E-state index contributed by atoms with van der Waals surface area (Å²) in [4.78, 5) is 0. The molecule has 0 fully saturated rings. The third kappa shape index (κ3) is 3.76. The monoisotopic (exact) mass is 185 g/mol. The van der Waals surface area contributed by atoms with Crippen LogP contribution in [0.25, 0.3) is 0 Å². The molecule has 54 valence electrons. The van der Waals surface area contributed by atoms with Crippen molar-refractivity contribution in [3.63, 3.8) is 0 Å². The second-order valence-electron chi connectivity index (χ2n) is 1.34. The molecular weight excluding hydrogens is 177 g/mol. The van der Waals surface area contributed by atoms with Crippen molar-refractivity contribution in [3.05, 3.63) is 22.4 Å². The number of nitrogens with two attached hydrogens (primary N) is 1. The average molecular weight is 186 g/mol. The zero-order valence-corrected chi connectivity index (χ0v) is 7.19. The van der Waals surface area contributed by atoms with Crippen LogP contribution in [0, 0.1) is 0 Å². The van der Waals surface area contributed by atoms with Gasteiger partial charge in [0.1, 0.15) is 0 Å². The quantitative estimate of drug-likeness (QED) is 0.713. The van der Waals surface area contributed by atoms with Crippen LogP contribution in [0.2, 0.25) is 0 Å². The summed E-state index contributed by atoms with van der Waals surface area (Å²) in [5.74, 6) is 0. The van der Waals surface area contributed by atoms with Crippen molar-refractivity contribution in [1.29, 1.82) is 0 Å². The average Bonchev–Trinajstić information content (AvgIpc) is 2.14. The highest BCUT2D eigenvalue weighted by Crippen LogP contribution is 2.02. The molecule has 2 N–H and O–H groups in total. The molecule has 0 atom stereocenters. The van der Waals surface area contributed by atoms with Crippen molar-refractivity contribution in [1.82, 2.24) is 0 Å². The molecule has 0 aliphatic carbocycles. The van der Waals surface area contributed by atoms with Crippen LogP contribution in [0.1, 0.15) is 5.56 Å². The van der Waals surface area contributed by atoms with E-state index in [0.29, 0.717) is 6.54 Å². The van der Waals surface area contributed by atoms with E-state index in [-0.39, 0.29) is 24.8 Å². The lowest BCUT2D eigenvalue weighted by Crippen LogP contribution is -1.92. The molecule has 0 aliphatic rings. The fourth-order valence-electron chi connectivity index (χ4n) is 0.409. The molecule has 0 amide bonds. The summed E-state index contributed by atoms with van der Waals surface area (Å²) in [6.45, 7) is 0.670. The van der Waals surface area contributed by atoms with Crippen molar-refractivity contribution >= 4 is 36.2 Å². The topological polar surface area (TPSA) is 26.0 Å². The molecule has 1 nitrogen and oxygen atoms in total. The first-order valence-corrected chi connectivity index (χ1v) is 3.09. The maximum atomic E-state index is 5.30. The first-order valence-electron chi connectivity index (χ1n) is 2.14. The highest BCUT2D eigenvalue weighted by molar-refractivity contribution is 7.07. The molecular formula is C5H9Cl2NS. The van der Waals surface area contributed by atoms with E-state index < -0.39 is 0 Å². The minimum atomic E-state index is 0. The maximum Gasteiger partial charge on any atom is 0.0186 e. The smallest absolute Gasteiger partial charge is 0.0186 e. The Kier molecular flexibility index (Phi) is 8.46. The van der Waals surface area contributed by atoms with Crippen LogP contribution in [0.4, 0.5) is 0 Å². The molecule has 0 bridgehead atoms. The molecule has 0 aliphatic heterocycles. The highest BCUT2D eigenvalue weighted by atomic mass is 35.5. The van der Waals surface area contributed by atoms with Crippen LogP contribution in [0.5, 0.6) is 0 Å². The van der Waals surface area contributed by atoms with Gasteiger partial charge in [0.25, 0.3) is 0 Å². The fraction of sp³-hybridized carbons (Fsp3) is 0.200. The van der Waals surface area contributed by atoms with Gasteiger partial charge in [0.15, 0.2) is 0 Å². The summed E-state index contributed by atoms with van der Waals surface area (Å²) in [7, 11) is 0. The van der Waals surface area contributed by atoms with E-state index in [0.717, 1.165) is 0 Å². The van der Waals surface area contributed by atoms with E-state index >= 15 is 0 Å². The Bertz CT molecular complexity index is 130. The third-order valence-corrected chi connectivity index (χ3v) is 1.55. The van der Waals surface area contributed by atoms with Gasteiger partial charge in [-0.05, 0) is 22.4 Å². The van der Waals surface area contributed by atoms with Gasteiger partial charge in [0.05, 0.1) is 0 Å². The molecule has 0 aromatic carbocycles. The summed E-state index contributed by atoms with van der Waals surface area (Å²) in [6, 6.07) is 2.03. The molecule has 9 heavy (non-hydrogen) atoms. The van der Waals surface area contributed by atoms with E-state index in [1.54, 1.807) is 11.3 Å². The van der Waals surface area contributed by atoms with Crippen LogP contribution in [-0.4, -0.2) is 0 Å². The molecule has 1 rings (SSSR count). The van der Waals surface area contributed by atoms with Crippen LogP contribution < -0.4 is 5.73 Å². The van der Waals surface area contributed by atoms with Gasteiger partial charge < -0.3 is 5.73 Å². The van der Waals surface area contributed by atoms with E-state index in [1.807, 2.05) is 11.4 Å². The molecule has 0 saturated carbocycles. The second kappa shape index (κ2) is 6.36. The Labute approximate surface area is 71.1 Å². The fourth-order valence-corrected chi connectivity index (χ4v) is 1.09. The van der Waals surface area contributed by atoms with Crippen LogP contribution in [-0.2, 0) is 6.54 Å². The van der Waals surface area contributed by atoms with Crippen LogP contribution >= 0.6 is 36.2 Å². The Morgan fingerprint density at radius 1 is 1.44 bits per heavy atom. The standard InChI is InChI=1S/C5H7NS.2ClH/c6-3-5-1-2-7-4-5;;/h1-2,4H,3,6H2;2*1H. The van der Waals surface area contributed by atoms with E-state index in [2.05, 4.69) is 5.38 Å². The predicted octanol–water partition coefficient (Wildman–Crippen LogP) is 2.05. The molecule has 4 heteroatoms. The van der Waals surface area contributed by atoms with Crippen molar-refractivity contribution in [2.24, 2.45) is 5.73 Å². The van der Waals surface area contributed by atoms with E-state index in [4.69, 9.17) is 5.73 Å². The molecule has 1 aromatic heterocycles. The summed E-state index contributed by atoms with van der Waals surface area (Å²) < 4.78 is 0. The number of rotatable bonds is 1. The van der Waals surface area contributed by atoms with Gasteiger partial charge in [-0.3, -0.25) is 0 Å². The van der Waals surface area contributed by atoms with Gasteiger partial charge in [0, 0.05) is 6.54 Å². The first-order chi connectivity index (χ1) is 3.43. The Morgan fingerprint density at radius 3 is 2.33 bits per heavy atom. The van der Waals surface area contributed by atoms with Crippen molar-refractivity contribution < 1.29 is 0 Å². The summed E-state index contributed by atoms with van der Waals surface area (Å²) in [5, 5.41) is 4.09. The summed E-state index contributed by atoms with van der Waals surface area (Å²) >= 11 is 1.68. The van der Waals surface area contributed by atoms with Crippen LogP contribution in [0.3, 0.4) is 0 Å². The SMILES string of the molecule is Cl.Cl.NCc1ccsc1. The van der Waals surface area contributed by atoms with Crippen molar-refractivity contribution in [2.45, 2.75) is 6.54 Å². The Hall–Kier alpha value is 0.240. The van der Waals surface area contributed by atoms with Gasteiger partial charge in [-0.25, -0.2) is 0 Å². The third-order valence-electron chi connectivity index (χ3n) is 0.816. The van der Waals surface area contributed by atoms with Gasteiger partial charge in [-0.15, -0.1) is 24.8 Å². The van der Waals surface area contributed by atoms with Gasteiger partial charge >= 0.3 is 0 Å². The highest BCUT2D eigenvalue weighted by Gasteiger charge is 1.82. The van der Waals surface area contributed by atoms with Gasteiger partial charge in [-0.2, -0.15) is 11.3 Å². The van der Waals surface area contributed by atoms with Gasteiger partial charge in [-0.1, -0.05) is 0 Å². The molecule has 0 saturated heterocycles. The van der Waals surface area contributed by atoms with E-state index in [1.165, 1.54) is 5.56 Å². The number of hydrogen-bond acceptors (Lipinski definition) is 2. The Morgan fingerprint density at radius 2 is 2.11 bits per heavy atom. The van der Waals surface area contributed by atoms with Gasteiger partial charge in [0.2, 0.25) is 0 Å². The zero-order valence-electron chi connectivity index (χ0n) is 4.74. The Balaban J connectivity index is 0. The second-order valence-corrected chi connectivity index (χ2v) is 2.12. The first kappa shape index (κ1) is 12.0. The number of thiophene rings is 1. The molecule has 1 heterocycles. The number of hydrogen-bond donors (Lipinski definition) is 1. The number of halogens is 2. The lowest BCUT2D eigenvalue weighted by molar-refractivity contribution is 1.08.